The maximum Gasteiger partial charge on any atom is 0.329 e. The quantitative estimate of drug-likeness (QED) is 0.569. The molecular weight excluding hydrogens is 202 g/mol. The second-order valence-electron chi connectivity index (χ2n) is 3.31. The number of carboxylic acids is 1. The van der Waals surface area contributed by atoms with E-state index in [0.29, 0.717) is 0 Å². The standard InChI is InChI=1S/C9H15NO5/c1-5(2)15-9(14)7(4-8(12)13)10-6(3)11/h5,7H,4H2,1-3H3,(H,10,11)(H,12,13)/p-1/t7-/m0/s1. The van der Waals surface area contributed by atoms with Crippen LogP contribution in [0.3, 0.4) is 0 Å². The van der Waals surface area contributed by atoms with E-state index in [1.54, 1.807) is 13.8 Å². The van der Waals surface area contributed by atoms with E-state index >= 15 is 0 Å². The van der Waals surface area contributed by atoms with Crippen molar-refractivity contribution in [3.05, 3.63) is 0 Å². The van der Waals surface area contributed by atoms with Crippen molar-refractivity contribution in [2.45, 2.75) is 39.3 Å². The van der Waals surface area contributed by atoms with Crippen molar-refractivity contribution in [3.8, 4) is 0 Å². The Morgan fingerprint density at radius 3 is 2.20 bits per heavy atom. The number of aliphatic carboxylic acids is 1. The minimum absolute atomic E-state index is 0.365. The minimum atomic E-state index is -1.42. The molecule has 86 valence electrons. The number of carbonyl (C=O) groups is 3. The van der Waals surface area contributed by atoms with E-state index < -0.39 is 30.3 Å². The zero-order chi connectivity index (χ0) is 12.0. The van der Waals surface area contributed by atoms with Crippen LogP contribution in [0.5, 0.6) is 0 Å². The summed E-state index contributed by atoms with van der Waals surface area (Å²) in [5.74, 6) is -2.69. The predicted molar refractivity (Wildman–Crippen MR) is 48.5 cm³/mol. The predicted octanol–water partition coefficient (Wildman–Crippen LogP) is -1.42. The van der Waals surface area contributed by atoms with Crippen LogP contribution in [-0.4, -0.2) is 30.0 Å². The van der Waals surface area contributed by atoms with Gasteiger partial charge in [0.05, 0.1) is 6.10 Å². The van der Waals surface area contributed by atoms with Gasteiger partial charge in [-0.1, -0.05) is 0 Å². The van der Waals surface area contributed by atoms with Gasteiger partial charge in [-0.05, 0) is 13.8 Å². The second-order valence-corrected chi connectivity index (χ2v) is 3.31. The zero-order valence-electron chi connectivity index (χ0n) is 8.90. The third-order valence-corrected chi connectivity index (χ3v) is 1.38. The van der Waals surface area contributed by atoms with Gasteiger partial charge in [0.25, 0.3) is 0 Å². The molecule has 0 aliphatic rings. The van der Waals surface area contributed by atoms with E-state index in [9.17, 15) is 19.5 Å². The first kappa shape index (κ1) is 13.4. The monoisotopic (exact) mass is 216 g/mol. The summed E-state index contributed by atoms with van der Waals surface area (Å²) in [5, 5.41) is 12.5. The molecule has 6 heteroatoms. The molecule has 0 aliphatic carbocycles. The molecule has 0 spiro atoms. The summed E-state index contributed by atoms with van der Waals surface area (Å²) in [4.78, 5) is 32.3. The average molecular weight is 216 g/mol. The van der Waals surface area contributed by atoms with Crippen molar-refractivity contribution >= 4 is 17.8 Å². The molecule has 15 heavy (non-hydrogen) atoms. The van der Waals surface area contributed by atoms with E-state index in [0.717, 1.165) is 0 Å². The number of amides is 1. The van der Waals surface area contributed by atoms with Gasteiger partial charge in [-0.2, -0.15) is 0 Å². The van der Waals surface area contributed by atoms with Gasteiger partial charge in [-0.3, -0.25) is 4.79 Å². The Morgan fingerprint density at radius 2 is 1.87 bits per heavy atom. The van der Waals surface area contributed by atoms with Crippen molar-refractivity contribution in [2.24, 2.45) is 0 Å². The number of hydrogen-bond acceptors (Lipinski definition) is 5. The molecule has 0 aromatic heterocycles. The van der Waals surface area contributed by atoms with Crippen molar-refractivity contribution in [1.82, 2.24) is 5.32 Å². The fourth-order valence-corrected chi connectivity index (χ4v) is 0.920. The maximum absolute atomic E-state index is 11.3. The van der Waals surface area contributed by atoms with Crippen molar-refractivity contribution in [1.29, 1.82) is 0 Å². The number of nitrogens with one attached hydrogen (secondary N) is 1. The van der Waals surface area contributed by atoms with Crippen LogP contribution < -0.4 is 10.4 Å². The number of esters is 1. The van der Waals surface area contributed by atoms with Gasteiger partial charge in [0.1, 0.15) is 6.04 Å². The zero-order valence-corrected chi connectivity index (χ0v) is 8.90. The molecule has 6 nitrogen and oxygen atoms in total. The smallest absolute Gasteiger partial charge is 0.329 e. The molecule has 0 heterocycles. The SMILES string of the molecule is CC(=O)N[C@@H](CC(=O)[O-])C(=O)OC(C)C. The molecule has 0 unspecified atom stereocenters. The molecule has 0 saturated heterocycles. The molecule has 0 saturated carbocycles. The van der Waals surface area contributed by atoms with E-state index in [1.807, 2.05) is 0 Å². The summed E-state index contributed by atoms with van der Waals surface area (Å²) in [6, 6.07) is -1.19. The van der Waals surface area contributed by atoms with Crippen LogP contribution in [-0.2, 0) is 19.1 Å². The highest BCUT2D eigenvalue weighted by Crippen LogP contribution is 1.98. The fraction of sp³-hybridized carbons (Fsp3) is 0.667. The molecule has 0 aliphatic heterocycles. The van der Waals surface area contributed by atoms with Crippen LogP contribution in [0.2, 0.25) is 0 Å². The summed E-state index contributed by atoms with van der Waals surface area (Å²) >= 11 is 0. The number of hydrogen-bond donors (Lipinski definition) is 1. The van der Waals surface area contributed by atoms with Gasteiger partial charge in [-0.15, -0.1) is 0 Å². The van der Waals surface area contributed by atoms with E-state index in [2.05, 4.69) is 5.32 Å². The lowest BCUT2D eigenvalue weighted by Gasteiger charge is -2.18. The highest BCUT2D eigenvalue weighted by molar-refractivity contribution is 5.86. The van der Waals surface area contributed by atoms with Gasteiger partial charge >= 0.3 is 5.97 Å². The first-order valence-electron chi connectivity index (χ1n) is 4.50. The van der Waals surface area contributed by atoms with Gasteiger partial charge < -0.3 is 20.0 Å². The fourth-order valence-electron chi connectivity index (χ4n) is 0.920. The maximum atomic E-state index is 11.3. The molecule has 0 aromatic rings. The average Bonchev–Trinajstić information content (AvgIpc) is 1.99. The largest absolute Gasteiger partial charge is 0.550 e. The molecule has 0 aromatic carbocycles. The van der Waals surface area contributed by atoms with Gasteiger partial charge in [0.2, 0.25) is 5.91 Å². The second kappa shape index (κ2) is 6.00. The number of carboxylic acid groups (broad SMARTS) is 1. The Kier molecular flexibility index (Phi) is 5.36. The van der Waals surface area contributed by atoms with Gasteiger partial charge in [-0.25, -0.2) is 4.79 Å². The molecule has 0 rings (SSSR count). The van der Waals surface area contributed by atoms with E-state index in [-0.39, 0.29) is 6.10 Å². The number of rotatable bonds is 5. The van der Waals surface area contributed by atoms with Crippen LogP contribution in [0.4, 0.5) is 0 Å². The third-order valence-electron chi connectivity index (χ3n) is 1.38. The van der Waals surface area contributed by atoms with Crippen molar-refractivity contribution in [3.63, 3.8) is 0 Å². The Morgan fingerprint density at radius 1 is 1.33 bits per heavy atom. The molecule has 0 fully saturated rings. The minimum Gasteiger partial charge on any atom is -0.550 e. The topological polar surface area (TPSA) is 95.5 Å². The molecule has 0 radical (unpaired) electrons. The molecule has 1 atom stereocenters. The Balaban J connectivity index is 4.40. The van der Waals surface area contributed by atoms with Crippen molar-refractivity contribution in [2.75, 3.05) is 0 Å². The van der Waals surface area contributed by atoms with Gasteiger partial charge in [0.15, 0.2) is 0 Å². The lowest BCUT2D eigenvalue weighted by atomic mass is 10.2. The highest BCUT2D eigenvalue weighted by Gasteiger charge is 2.21. The van der Waals surface area contributed by atoms with Crippen molar-refractivity contribution < 1.29 is 24.2 Å². The van der Waals surface area contributed by atoms with Crippen LogP contribution >= 0.6 is 0 Å². The Bertz CT molecular complexity index is 245. The van der Waals surface area contributed by atoms with Crippen LogP contribution in [0.1, 0.15) is 27.2 Å². The molecular formula is C9H14NO5-. The lowest BCUT2D eigenvalue weighted by molar-refractivity contribution is -0.306. The summed E-state index contributed by atoms with van der Waals surface area (Å²) in [6.45, 7) is 4.44. The Hall–Kier alpha value is -1.59. The van der Waals surface area contributed by atoms with Gasteiger partial charge in [0, 0.05) is 19.3 Å². The van der Waals surface area contributed by atoms with Crippen LogP contribution in [0, 0.1) is 0 Å². The number of carbonyl (C=O) groups excluding carboxylic acids is 3. The highest BCUT2D eigenvalue weighted by atomic mass is 16.5. The summed E-state index contributed by atoms with van der Waals surface area (Å²) in [5.41, 5.74) is 0. The van der Waals surface area contributed by atoms with Crippen LogP contribution in [0.15, 0.2) is 0 Å². The lowest BCUT2D eigenvalue weighted by Crippen LogP contribution is -2.45. The number of ether oxygens (including phenoxy) is 1. The van der Waals surface area contributed by atoms with E-state index in [4.69, 9.17) is 4.74 Å². The molecule has 1 N–H and O–H groups in total. The molecule has 1 amide bonds. The van der Waals surface area contributed by atoms with Crippen LogP contribution in [0.25, 0.3) is 0 Å². The third kappa shape index (κ3) is 6.48. The molecule has 0 bridgehead atoms. The first-order valence-corrected chi connectivity index (χ1v) is 4.50. The first-order chi connectivity index (χ1) is 6.82. The van der Waals surface area contributed by atoms with E-state index in [1.165, 1.54) is 6.92 Å². The summed E-state index contributed by atoms with van der Waals surface area (Å²) in [7, 11) is 0. The summed E-state index contributed by atoms with van der Waals surface area (Å²) < 4.78 is 4.77. The normalized spacial score (nSPS) is 12.0. The summed E-state index contributed by atoms with van der Waals surface area (Å²) in [6.07, 6.45) is -0.957. The Labute approximate surface area is 87.6 Å².